The van der Waals surface area contributed by atoms with Crippen molar-refractivity contribution in [3.8, 4) is 5.75 Å². The Hall–Kier alpha value is -1.26. The summed E-state index contributed by atoms with van der Waals surface area (Å²) in [5.41, 5.74) is 1.13. The molecule has 2 aliphatic heterocycles. The van der Waals surface area contributed by atoms with Crippen LogP contribution in [0, 0.1) is 12.8 Å². The molecule has 134 valence electrons. The van der Waals surface area contributed by atoms with Gasteiger partial charge in [0.25, 0.3) is 0 Å². The number of rotatable bonds is 6. The van der Waals surface area contributed by atoms with Crippen LogP contribution in [0.1, 0.15) is 37.7 Å². The van der Waals surface area contributed by atoms with Gasteiger partial charge in [-0.05, 0) is 50.2 Å². The fourth-order valence-corrected chi connectivity index (χ4v) is 3.88. The van der Waals surface area contributed by atoms with E-state index in [0.717, 1.165) is 24.2 Å². The van der Waals surface area contributed by atoms with Gasteiger partial charge in [0.05, 0.1) is 6.54 Å². The topological polar surface area (TPSA) is 41.6 Å². The lowest BCUT2D eigenvalue weighted by Crippen LogP contribution is -2.40. The van der Waals surface area contributed by atoms with E-state index in [1.165, 1.54) is 12.8 Å². The molecule has 1 aromatic carbocycles. The van der Waals surface area contributed by atoms with Gasteiger partial charge in [-0.1, -0.05) is 18.2 Å². The first-order valence-electron chi connectivity index (χ1n) is 8.80. The number of nitrogens with zero attached hydrogens (tertiary/aromatic N) is 1. The Bertz CT molecular complexity index is 540. The third kappa shape index (κ3) is 4.87. The Morgan fingerprint density at radius 2 is 1.92 bits per heavy atom. The fourth-order valence-electron chi connectivity index (χ4n) is 3.88. The highest BCUT2D eigenvalue weighted by Crippen LogP contribution is 2.32. The van der Waals surface area contributed by atoms with Gasteiger partial charge in [0, 0.05) is 25.6 Å². The molecule has 0 aliphatic carbocycles. The van der Waals surface area contributed by atoms with Crippen molar-refractivity contribution in [2.24, 2.45) is 5.92 Å². The molecule has 2 saturated heterocycles. The van der Waals surface area contributed by atoms with Crippen LogP contribution in [-0.4, -0.2) is 43.1 Å². The van der Waals surface area contributed by atoms with Crippen molar-refractivity contribution in [3.63, 3.8) is 0 Å². The lowest BCUT2D eigenvalue weighted by atomic mass is 9.89. The van der Waals surface area contributed by atoms with E-state index in [2.05, 4.69) is 5.32 Å². The molecule has 4 nitrogen and oxygen atoms in total. The van der Waals surface area contributed by atoms with Crippen molar-refractivity contribution in [3.05, 3.63) is 29.8 Å². The molecule has 1 N–H and O–H groups in total. The molecule has 2 unspecified atom stereocenters. The van der Waals surface area contributed by atoms with Crippen LogP contribution in [0.4, 0.5) is 0 Å². The number of piperidine rings is 1. The van der Waals surface area contributed by atoms with Crippen LogP contribution in [0.15, 0.2) is 24.3 Å². The van der Waals surface area contributed by atoms with Crippen LogP contribution in [0.2, 0.25) is 0 Å². The summed E-state index contributed by atoms with van der Waals surface area (Å²) in [6, 6.07) is 9.30. The standard InChI is InChI=1S/C19H28N2O2.ClH/c1-14-5-3-4-6-18(14)23-10-9-21(2)19(22)13-15-11-16-7-8-17(12-15)20-16;/h3-6,15-17,20H,7-13H2,1-2H3;1H. The first-order valence-corrected chi connectivity index (χ1v) is 8.80. The van der Waals surface area contributed by atoms with E-state index >= 15 is 0 Å². The summed E-state index contributed by atoms with van der Waals surface area (Å²) in [4.78, 5) is 14.2. The number of ether oxygens (including phenoxy) is 1. The molecule has 3 rings (SSSR count). The highest BCUT2D eigenvalue weighted by molar-refractivity contribution is 5.85. The highest BCUT2D eigenvalue weighted by Gasteiger charge is 2.34. The van der Waals surface area contributed by atoms with Gasteiger partial charge in [0.15, 0.2) is 0 Å². The number of likely N-dealkylation sites (N-methyl/N-ethyl adjacent to an activating group) is 1. The van der Waals surface area contributed by atoms with Crippen molar-refractivity contribution >= 4 is 18.3 Å². The maximum absolute atomic E-state index is 12.4. The molecule has 0 radical (unpaired) electrons. The van der Waals surface area contributed by atoms with Gasteiger partial charge in [0.2, 0.25) is 5.91 Å². The average Bonchev–Trinajstić information content (AvgIpc) is 2.87. The van der Waals surface area contributed by atoms with E-state index in [-0.39, 0.29) is 18.3 Å². The summed E-state index contributed by atoms with van der Waals surface area (Å²) < 4.78 is 5.79. The van der Waals surface area contributed by atoms with Crippen LogP contribution in [0.25, 0.3) is 0 Å². The summed E-state index contributed by atoms with van der Waals surface area (Å²) in [5, 5.41) is 3.64. The van der Waals surface area contributed by atoms with Gasteiger partial charge < -0.3 is 15.0 Å². The van der Waals surface area contributed by atoms with Crippen LogP contribution >= 0.6 is 12.4 Å². The highest BCUT2D eigenvalue weighted by atomic mass is 35.5. The molecule has 24 heavy (non-hydrogen) atoms. The molecule has 2 heterocycles. The van der Waals surface area contributed by atoms with Gasteiger partial charge in [-0.2, -0.15) is 0 Å². The van der Waals surface area contributed by atoms with E-state index in [4.69, 9.17) is 4.74 Å². The summed E-state index contributed by atoms with van der Waals surface area (Å²) in [7, 11) is 1.89. The number of aryl methyl sites for hydroxylation is 1. The number of fused-ring (bicyclic) bond motifs is 2. The van der Waals surface area contributed by atoms with Crippen LogP contribution in [0.3, 0.4) is 0 Å². The molecule has 0 saturated carbocycles. The van der Waals surface area contributed by atoms with Gasteiger partial charge in [-0.25, -0.2) is 0 Å². The number of benzene rings is 1. The monoisotopic (exact) mass is 352 g/mol. The average molecular weight is 353 g/mol. The zero-order valence-electron chi connectivity index (χ0n) is 14.7. The molecule has 0 spiro atoms. The zero-order valence-corrected chi connectivity index (χ0v) is 15.5. The second-order valence-corrected chi connectivity index (χ2v) is 7.11. The number of hydrogen-bond donors (Lipinski definition) is 1. The molecule has 5 heteroatoms. The molecule has 2 fully saturated rings. The van der Waals surface area contributed by atoms with Crippen molar-refractivity contribution in [1.82, 2.24) is 10.2 Å². The van der Waals surface area contributed by atoms with Gasteiger partial charge in [0.1, 0.15) is 12.4 Å². The molecule has 1 aromatic rings. The van der Waals surface area contributed by atoms with Crippen LogP contribution in [-0.2, 0) is 4.79 Å². The Morgan fingerprint density at radius 1 is 1.25 bits per heavy atom. The van der Waals surface area contributed by atoms with Crippen molar-refractivity contribution in [1.29, 1.82) is 0 Å². The minimum absolute atomic E-state index is 0. The number of para-hydroxylation sites is 1. The van der Waals surface area contributed by atoms with E-state index in [9.17, 15) is 4.79 Å². The molecule has 2 bridgehead atoms. The van der Waals surface area contributed by atoms with E-state index in [1.807, 2.05) is 43.1 Å². The van der Waals surface area contributed by atoms with E-state index in [0.29, 0.717) is 37.6 Å². The quantitative estimate of drug-likeness (QED) is 0.855. The normalized spacial score (nSPS) is 25.0. The number of amides is 1. The van der Waals surface area contributed by atoms with Crippen molar-refractivity contribution in [2.75, 3.05) is 20.2 Å². The maximum atomic E-state index is 12.4. The first-order chi connectivity index (χ1) is 11.1. The molecule has 2 aliphatic rings. The number of hydrogen-bond acceptors (Lipinski definition) is 3. The summed E-state index contributed by atoms with van der Waals surface area (Å²) >= 11 is 0. The molecular weight excluding hydrogens is 324 g/mol. The summed E-state index contributed by atoms with van der Waals surface area (Å²) in [6.45, 7) is 3.23. The third-order valence-corrected chi connectivity index (χ3v) is 5.24. The second kappa shape index (κ2) is 8.72. The van der Waals surface area contributed by atoms with Crippen molar-refractivity contribution in [2.45, 2.75) is 51.1 Å². The lowest BCUT2D eigenvalue weighted by molar-refractivity contribution is -0.131. The van der Waals surface area contributed by atoms with Gasteiger partial charge >= 0.3 is 0 Å². The Balaban J connectivity index is 0.00000208. The third-order valence-electron chi connectivity index (χ3n) is 5.24. The number of carbonyl (C=O) groups is 1. The van der Waals surface area contributed by atoms with E-state index in [1.54, 1.807) is 0 Å². The fraction of sp³-hybridized carbons (Fsp3) is 0.632. The smallest absolute Gasteiger partial charge is 0.222 e. The molecule has 0 aromatic heterocycles. The minimum Gasteiger partial charge on any atom is -0.491 e. The molecule has 2 atom stereocenters. The van der Waals surface area contributed by atoms with Gasteiger partial charge in [-0.3, -0.25) is 4.79 Å². The largest absolute Gasteiger partial charge is 0.491 e. The summed E-state index contributed by atoms with van der Waals surface area (Å²) in [5.74, 6) is 1.72. The SMILES string of the molecule is Cc1ccccc1OCCN(C)C(=O)CC1CC2CCC(C1)N2.Cl. The number of carbonyl (C=O) groups excluding carboxylic acids is 1. The number of nitrogens with one attached hydrogen (secondary N) is 1. The Morgan fingerprint density at radius 3 is 2.58 bits per heavy atom. The lowest BCUT2D eigenvalue weighted by Gasteiger charge is -2.30. The predicted molar refractivity (Wildman–Crippen MR) is 98.8 cm³/mol. The second-order valence-electron chi connectivity index (χ2n) is 7.11. The molecular formula is C19H29ClN2O2. The first kappa shape index (κ1) is 19.1. The Labute approximate surface area is 151 Å². The zero-order chi connectivity index (χ0) is 16.2. The number of halogens is 1. The van der Waals surface area contributed by atoms with E-state index < -0.39 is 0 Å². The van der Waals surface area contributed by atoms with Crippen LogP contribution in [0.5, 0.6) is 5.75 Å². The van der Waals surface area contributed by atoms with Gasteiger partial charge in [-0.15, -0.1) is 12.4 Å². The van der Waals surface area contributed by atoms with Crippen molar-refractivity contribution < 1.29 is 9.53 Å². The Kier molecular flexibility index (Phi) is 6.93. The summed E-state index contributed by atoms with van der Waals surface area (Å²) in [6.07, 6.45) is 5.59. The molecule has 1 amide bonds. The maximum Gasteiger partial charge on any atom is 0.222 e. The minimum atomic E-state index is 0. The van der Waals surface area contributed by atoms with Crippen LogP contribution < -0.4 is 10.1 Å². The predicted octanol–water partition coefficient (Wildman–Crippen LogP) is 3.17.